The third-order valence-electron chi connectivity index (χ3n) is 5.11. The summed E-state index contributed by atoms with van der Waals surface area (Å²) in [5.41, 5.74) is -0.923. The summed E-state index contributed by atoms with van der Waals surface area (Å²) in [5, 5.41) is 0. The van der Waals surface area contributed by atoms with Crippen LogP contribution in [0.5, 0.6) is 0 Å². The molecule has 0 bridgehead atoms. The summed E-state index contributed by atoms with van der Waals surface area (Å²) >= 11 is 0. The standard InChI is InChI=1S/C12H18O4/c1-10(9(13)15-3)12(16-10)7-8(14-2)11(12)5-4-6-11/h8H,4-7H2,1-3H3. The zero-order valence-electron chi connectivity index (χ0n) is 10.0. The van der Waals surface area contributed by atoms with Crippen molar-refractivity contribution in [1.29, 1.82) is 0 Å². The third kappa shape index (κ3) is 0.810. The van der Waals surface area contributed by atoms with E-state index in [4.69, 9.17) is 14.2 Å². The second-order valence-corrected chi connectivity index (χ2v) is 5.39. The van der Waals surface area contributed by atoms with E-state index in [0.717, 1.165) is 19.3 Å². The molecule has 0 amide bonds. The maximum Gasteiger partial charge on any atom is 0.340 e. The summed E-state index contributed by atoms with van der Waals surface area (Å²) in [7, 11) is 3.17. The number of methoxy groups -OCH3 is 2. The zero-order chi connectivity index (χ0) is 11.6. The smallest absolute Gasteiger partial charge is 0.340 e. The molecule has 16 heavy (non-hydrogen) atoms. The molecule has 4 heteroatoms. The quantitative estimate of drug-likeness (QED) is 0.525. The van der Waals surface area contributed by atoms with E-state index < -0.39 is 5.60 Å². The number of rotatable bonds is 2. The Hall–Kier alpha value is -0.610. The molecule has 1 heterocycles. The molecule has 0 radical (unpaired) electrons. The number of fused-ring (bicyclic) bond motifs is 1. The van der Waals surface area contributed by atoms with Gasteiger partial charge in [-0.1, -0.05) is 6.42 Å². The minimum absolute atomic E-state index is 0.0880. The van der Waals surface area contributed by atoms with E-state index in [1.165, 1.54) is 13.5 Å². The predicted molar refractivity (Wildman–Crippen MR) is 55.9 cm³/mol. The molecule has 3 unspecified atom stereocenters. The van der Waals surface area contributed by atoms with Crippen LogP contribution in [0.25, 0.3) is 0 Å². The Balaban J connectivity index is 1.86. The van der Waals surface area contributed by atoms with Gasteiger partial charge in [0.25, 0.3) is 0 Å². The molecule has 2 aliphatic carbocycles. The maximum atomic E-state index is 11.7. The van der Waals surface area contributed by atoms with Crippen LogP contribution in [0.15, 0.2) is 0 Å². The minimum atomic E-state index is -0.725. The van der Waals surface area contributed by atoms with Crippen molar-refractivity contribution in [2.24, 2.45) is 5.41 Å². The lowest BCUT2D eigenvalue weighted by molar-refractivity contribution is -0.197. The number of carbonyl (C=O) groups excluding carboxylic acids is 1. The second kappa shape index (κ2) is 2.79. The van der Waals surface area contributed by atoms with E-state index in [0.29, 0.717) is 0 Å². The van der Waals surface area contributed by atoms with Gasteiger partial charge in [0.05, 0.1) is 13.2 Å². The zero-order valence-corrected chi connectivity index (χ0v) is 10.0. The molecule has 1 saturated heterocycles. The van der Waals surface area contributed by atoms with Crippen LogP contribution < -0.4 is 0 Å². The molecule has 4 nitrogen and oxygen atoms in total. The number of hydrogen-bond acceptors (Lipinski definition) is 4. The van der Waals surface area contributed by atoms with Crippen LogP contribution in [0.2, 0.25) is 0 Å². The van der Waals surface area contributed by atoms with Crippen molar-refractivity contribution in [1.82, 2.24) is 0 Å². The van der Waals surface area contributed by atoms with E-state index in [-0.39, 0.29) is 23.1 Å². The third-order valence-corrected chi connectivity index (χ3v) is 5.11. The van der Waals surface area contributed by atoms with Crippen molar-refractivity contribution in [2.45, 2.75) is 49.9 Å². The number of carbonyl (C=O) groups is 1. The first-order valence-corrected chi connectivity index (χ1v) is 5.88. The highest BCUT2D eigenvalue weighted by molar-refractivity contribution is 5.85. The van der Waals surface area contributed by atoms with Gasteiger partial charge in [0.2, 0.25) is 0 Å². The van der Waals surface area contributed by atoms with Crippen LogP contribution in [-0.4, -0.2) is 37.5 Å². The maximum absolute atomic E-state index is 11.7. The summed E-state index contributed by atoms with van der Waals surface area (Å²) < 4.78 is 16.1. The molecule has 90 valence electrons. The van der Waals surface area contributed by atoms with E-state index in [1.54, 1.807) is 7.11 Å². The largest absolute Gasteiger partial charge is 0.467 e. The van der Waals surface area contributed by atoms with Crippen molar-refractivity contribution in [2.75, 3.05) is 14.2 Å². The molecule has 3 fully saturated rings. The average Bonchev–Trinajstić information content (AvgIpc) is 2.82. The molecule has 3 atom stereocenters. The van der Waals surface area contributed by atoms with Gasteiger partial charge in [0.1, 0.15) is 5.60 Å². The Morgan fingerprint density at radius 1 is 1.38 bits per heavy atom. The number of ether oxygens (including phenoxy) is 3. The number of esters is 1. The summed E-state index contributed by atoms with van der Waals surface area (Å²) in [6.45, 7) is 1.85. The Bertz CT molecular complexity index is 349. The molecule has 2 spiro atoms. The highest BCUT2D eigenvalue weighted by Gasteiger charge is 2.88. The molecule has 0 aromatic heterocycles. The topological polar surface area (TPSA) is 48.1 Å². The summed E-state index contributed by atoms with van der Waals surface area (Å²) in [5.74, 6) is -0.242. The van der Waals surface area contributed by atoms with Gasteiger partial charge in [0.15, 0.2) is 5.60 Å². The fourth-order valence-corrected chi connectivity index (χ4v) is 3.92. The van der Waals surface area contributed by atoms with E-state index in [2.05, 4.69) is 0 Å². The fraction of sp³-hybridized carbons (Fsp3) is 0.917. The van der Waals surface area contributed by atoms with Crippen LogP contribution in [0.3, 0.4) is 0 Å². The van der Waals surface area contributed by atoms with Crippen molar-refractivity contribution in [3.05, 3.63) is 0 Å². The van der Waals surface area contributed by atoms with Gasteiger partial charge in [-0.3, -0.25) is 0 Å². The average molecular weight is 226 g/mol. The lowest BCUT2D eigenvalue weighted by Gasteiger charge is -2.60. The van der Waals surface area contributed by atoms with Crippen LogP contribution in [0.4, 0.5) is 0 Å². The molecule has 0 N–H and O–H groups in total. The van der Waals surface area contributed by atoms with Gasteiger partial charge in [-0.25, -0.2) is 4.79 Å². The molecular weight excluding hydrogens is 208 g/mol. The lowest BCUT2D eigenvalue weighted by Crippen LogP contribution is -2.67. The molecule has 2 saturated carbocycles. The van der Waals surface area contributed by atoms with Crippen LogP contribution in [0, 0.1) is 5.41 Å². The molecule has 3 aliphatic rings. The summed E-state index contributed by atoms with van der Waals surface area (Å²) in [4.78, 5) is 11.7. The van der Waals surface area contributed by atoms with Gasteiger partial charge in [-0.15, -0.1) is 0 Å². The summed E-state index contributed by atoms with van der Waals surface area (Å²) in [6.07, 6.45) is 4.51. The molecule has 3 rings (SSSR count). The highest BCUT2D eigenvalue weighted by Crippen LogP contribution is 2.76. The fourth-order valence-electron chi connectivity index (χ4n) is 3.92. The van der Waals surface area contributed by atoms with Crippen LogP contribution in [0.1, 0.15) is 32.6 Å². The van der Waals surface area contributed by atoms with Crippen LogP contribution >= 0.6 is 0 Å². The van der Waals surface area contributed by atoms with Gasteiger partial charge >= 0.3 is 5.97 Å². The highest BCUT2D eigenvalue weighted by atomic mass is 16.7. The first kappa shape index (κ1) is 10.5. The van der Waals surface area contributed by atoms with Gasteiger partial charge in [-0.05, 0) is 19.8 Å². The van der Waals surface area contributed by atoms with Gasteiger partial charge in [0, 0.05) is 18.9 Å². The van der Waals surface area contributed by atoms with E-state index in [1.807, 2.05) is 6.92 Å². The number of epoxide rings is 1. The monoisotopic (exact) mass is 226 g/mol. The molecule has 1 aliphatic heterocycles. The predicted octanol–water partition coefficient (Wildman–Crippen LogP) is 1.28. The van der Waals surface area contributed by atoms with Crippen molar-refractivity contribution in [3.8, 4) is 0 Å². The van der Waals surface area contributed by atoms with Gasteiger partial charge in [-0.2, -0.15) is 0 Å². The molecular formula is C12H18O4. The van der Waals surface area contributed by atoms with E-state index in [9.17, 15) is 4.79 Å². The van der Waals surface area contributed by atoms with Crippen LogP contribution in [-0.2, 0) is 19.0 Å². The van der Waals surface area contributed by atoms with Crippen molar-refractivity contribution in [3.63, 3.8) is 0 Å². The Morgan fingerprint density at radius 2 is 2.06 bits per heavy atom. The Kier molecular flexibility index (Phi) is 1.84. The Morgan fingerprint density at radius 3 is 2.50 bits per heavy atom. The Labute approximate surface area is 95.2 Å². The summed E-state index contributed by atoms with van der Waals surface area (Å²) in [6, 6.07) is 0. The SMILES string of the molecule is COC(=O)C1(C)OC12CC(OC)C21CCC1. The lowest BCUT2D eigenvalue weighted by atomic mass is 9.45. The van der Waals surface area contributed by atoms with E-state index >= 15 is 0 Å². The molecule has 0 aromatic rings. The number of hydrogen-bond donors (Lipinski definition) is 0. The van der Waals surface area contributed by atoms with Crippen molar-refractivity contribution >= 4 is 5.97 Å². The van der Waals surface area contributed by atoms with Crippen molar-refractivity contribution < 1.29 is 19.0 Å². The first-order chi connectivity index (χ1) is 7.56. The first-order valence-electron chi connectivity index (χ1n) is 5.88. The normalized spacial score (nSPS) is 47.3. The second-order valence-electron chi connectivity index (χ2n) is 5.39. The van der Waals surface area contributed by atoms with Gasteiger partial charge < -0.3 is 14.2 Å². The molecule has 0 aromatic carbocycles. The minimum Gasteiger partial charge on any atom is -0.467 e.